The molecule has 5 nitrogen and oxygen atoms in total. The van der Waals surface area contributed by atoms with Gasteiger partial charge in [-0.05, 0) is 0 Å². The van der Waals surface area contributed by atoms with Crippen LogP contribution in [0, 0.1) is 0 Å². The van der Waals surface area contributed by atoms with Crippen molar-refractivity contribution in [3.63, 3.8) is 0 Å². The van der Waals surface area contributed by atoms with Crippen LogP contribution in [0.15, 0.2) is 0 Å². The summed E-state index contributed by atoms with van der Waals surface area (Å²) in [4.78, 5) is 0. The van der Waals surface area contributed by atoms with Crippen molar-refractivity contribution >= 4 is 10.4 Å². The van der Waals surface area contributed by atoms with E-state index in [0.717, 1.165) is 0 Å². The van der Waals surface area contributed by atoms with Crippen molar-refractivity contribution in [3.8, 4) is 0 Å². The maximum Gasteiger partial charge on any atom is 1.00 e. The molecule has 0 fully saturated rings. The molecule has 0 radical (unpaired) electrons. The SMILES string of the molecule is COCOS(=O)(=O)[O-].[Li+]. The van der Waals surface area contributed by atoms with Gasteiger partial charge in [-0.15, -0.1) is 0 Å². The third-order valence-electron chi connectivity index (χ3n) is 0.310. The largest absolute Gasteiger partial charge is 1.00 e. The minimum Gasteiger partial charge on any atom is -0.725 e. The maximum absolute atomic E-state index is 9.53. The molecule has 0 aromatic rings. The molecular weight excluding hydrogens is 143 g/mol. The number of hydrogen-bond acceptors (Lipinski definition) is 5. The molecule has 9 heavy (non-hydrogen) atoms. The molecule has 0 saturated heterocycles. The Bertz CT molecular complexity index is 139. The van der Waals surface area contributed by atoms with Gasteiger partial charge in [-0.25, -0.2) is 8.42 Å². The summed E-state index contributed by atoms with van der Waals surface area (Å²) in [5.74, 6) is 0. The summed E-state index contributed by atoms with van der Waals surface area (Å²) in [5, 5.41) is 0. The Labute approximate surface area is 65.5 Å². The molecule has 0 heterocycles. The Morgan fingerprint density at radius 2 is 2.00 bits per heavy atom. The fourth-order valence-corrected chi connectivity index (χ4v) is 0.321. The predicted molar refractivity (Wildman–Crippen MR) is 22.7 cm³/mol. The second-order valence-electron chi connectivity index (χ2n) is 0.933. The van der Waals surface area contributed by atoms with Gasteiger partial charge in [-0.1, -0.05) is 0 Å². The van der Waals surface area contributed by atoms with Gasteiger partial charge in [0.25, 0.3) is 0 Å². The topological polar surface area (TPSA) is 75.7 Å². The zero-order chi connectivity index (χ0) is 6.62. The van der Waals surface area contributed by atoms with Crippen molar-refractivity contribution in [2.75, 3.05) is 13.9 Å². The van der Waals surface area contributed by atoms with E-state index < -0.39 is 17.2 Å². The summed E-state index contributed by atoms with van der Waals surface area (Å²) in [7, 11) is -3.35. The zero-order valence-corrected chi connectivity index (χ0v) is 5.97. The summed E-state index contributed by atoms with van der Waals surface area (Å²) in [6.45, 7) is -0.522. The van der Waals surface area contributed by atoms with Crippen LogP contribution in [0.5, 0.6) is 0 Å². The third kappa shape index (κ3) is 11.8. The molecule has 0 amide bonds. The van der Waals surface area contributed by atoms with Gasteiger partial charge in [-0.2, -0.15) is 0 Å². The van der Waals surface area contributed by atoms with E-state index in [2.05, 4.69) is 8.92 Å². The van der Waals surface area contributed by atoms with Crippen molar-refractivity contribution < 1.29 is 40.8 Å². The van der Waals surface area contributed by atoms with E-state index in [1.54, 1.807) is 0 Å². The van der Waals surface area contributed by atoms with Gasteiger partial charge in [0, 0.05) is 7.11 Å². The second kappa shape index (κ2) is 5.23. The molecule has 0 aliphatic carbocycles. The number of rotatable bonds is 3. The van der Waals surface area contributed by atoms with Crippen LogP contribution < -0.4 is 18.9 Å². The Morgan fingerprint density at radius 1 is 1.56 bits per heavy atom. The van der Waals surface area contributed by atoms with Gasteiger partial charge in [-0.3, -0.25) is 4.18 Å². The zero-order valence-electron chi connectivity index (χ0n) is 5.16. The first-order chi connectivity index (χ1) is 3.56. The van der Waals surface area contributed by atoms with Gasteiger partial charge >= 0.3 is 18.9 Å². The van der Waals surface area contributed by atoms with E-state index in [1.807, 2.05) is 0 Å². The van der Waals surface area contributed by atoms with Gasteiger partial charge < -0.3 is 9.29 Å². The first kappa shape index (κ1) is 12.1. The van der Waals surface area contributed by atoms with E-state index >= 15 is 0 Å². The Balaban J connectivity index is 0. The summed E-state index contributed by atoms with van der Waals surface area (Å²) < 4.78 is 36.3. The molecule has 0 bridgehead atoms. The fraction of sp³-hybridized carbons (Fsp3) is 1.00. The van der Waals surface area contributed by atoms with Gasteiger partial charge in [0.2, 0.25) is 10.4 Å². The van der Waals surface area contributed by atoms with Crippen LogP contribution in [0.25, 0.3) is 0 Å². The molecule has 0 aromatic heterocycles. The van der Waals surface area contributed by atoms with Crippen molar-refractivity contribution in [1.29, 1.82) is 0 Å². The van der Waals surface area contributed by atoms with Gasteiger partial charge in [0.05, 0.1) is 0 Å². The molecule has 7 heteroatoms. The quantitative estimate of drug-likeness (QED) is 0.177. The molecule has 0 rings (SSSR count). The van der Waals surface area contributed by atoms with Crippen LogP contribution >= 0.6 is 0 Å². The monoisotopic (exact) mass is 148 g/mol. The average Bonchev–Trinajstić information content (AvgIpc) is 1.59. The molecule has 0 atom stereocenters. The summed E-state index contributed by atoms with van der Waals surface area (Å²) in [5.41, 5.74) is 0. The first-order valence-electron chi connectivity index (χ1n) is 1.65. The van der Waals surface area contributed by atoms with Crippen LogP contribution in [0.2, 0.25) is 0 Å². The molecular formula is C2H5LiO5S. The van der Waals surface area contributed by atoms with E-state index in [0.29, 0.717) is 0 Å². The molecule has 0 saturated carbocycles. The van der Waals surface area contributed by atoms with Gasteiger partial charge in [0.15, 0.2) is 6.79 Å². The average molecular weight is 148 g/mol. The third-order valence-corrected chi connectivity index (χ3v) is 0.695. The number of hydrogen-bond donors (Lipinski definition) is 0. The number of methoxy groups -OCH3 is 1. The standard InChI is InChI=1S/C2H6O5S.Li/c1-6-2-7-8(3,4)5;/h2H2,1H3,(H,3,4,5);/q;+1/p-1. The second-order valence-corrected chi connectivity index (χ2v) is 1.98. The summed E-state index contributed by atoms with van der Waals surface area (Å²) >= 11 is 0. The van der Waals surface area contributed by atoms with Crippen LogP contribution in [0.1, 0.15) is 0 Å². The molecule has 0 unspecified atom stereocenters. The fourth-order valence-electron chi connectivity index (χ4n) is 0.107. The normalized spacial score (nSPS) is 10.4. The minimum absolute atomic E-state index is 0. The van der Waals surface area contributed by atoms with Crippen molar-refractivity contribution in [2.45, 2.75) is 0 Å². The summed E-state index contributed by atoms with van der Waals surface area (Å²) in [6.07, 6.45) is 0. The van der Waals surface area contributed by atoms with Gasteiger partial charge in [0.1, 0.15) is 0 Å². The van der Waals surface area contributed by atoms with Crippen LogP contribution in [-0.4, -0.2) is 26.9 Å². The van der Waals surface area contributed by atoms with E-state index in [-0.39, 0.29) is 18.9 Å². The molecule has 0 N–H and O–H groups in total. The van der Waals surface area contributed by atoms with Crippen LogP contribution in [0.3, 0.4) is 0 Å². The van der Waals surface area contributed by atoms with Crippen LogP contribution in [-0.2, 0) is 19.3 Å². The van der Waals surface area contributed by atoms with Crippen molar-refractivity contribution in [3.05, 3.63) is 0 Å². The van der Waals surface area contributed by atoms with E-state index in [9.17, 15) is 13.0 Å². The van der Waals surface area contributed by atoms with Crippen LogP contribution in [0.4, 0.5) is 0 Å². The molecule has 0 aliphatic rings. The van der Waals surface area contributed by atoms with Crippen molar-refractivity contribution in [2.24, 2.45) is 0 Å². The summed E-state index contributed by atoms with van der Waals surface area (Å²) in [6, 6.07) is 0. The molecule has 50 valence electrons. The Kier molecular flexibility index (Phi) is 7.05. The number of ether oxygens (including phenoxy) is 1. The Morgan fingerprint density at radius 3 is 2.11 bits per heavy atom. The minimum atomic E-state index is -4.56. The molecule has 0 aliphatic heterocycles. The van der Waals surface area contributed by atoms with Crippen molar-refractivity contribution in [1.82, 2.24) is 0 Å². The van der Waals surface area contributed by atoms with E-state index in [1.165, 1.54) is 7.11 Å². The smallest absolute Gasteiger partial charge is 0.725 e. The predicted octanol–water partition coefficient (Wildman–Crippen LogP) is -3.93. The molecule has 0 aromatic carbocycles. The van der Waals surface area contributed by atoms with E-state index in [4.69, 9.17) is 0 Å². The molecule has 0 spiro atoms. The first-order valence-corrected chi connectivity index (χ1v) is 2.99. The maximum atomic E-state index is 9.53. The Hall–Kier alpha value is 0.427.